The van der Waals surface area contributed by atoms with Crippen LogP contribution in [0.2, 0.25) is 0 Å². The van der Waals surface area contributed by atoms with Crippen LogP contribution >= 0.6 is 0 Å². The number of carbonyl (C=O) groups is 2. The van der Waals surface area contributed by atoms with Crippen molar-refractivity contribution in [1.82, 2.24) is 9.55 Å². The Morgan fingerprint density at radius 3 is 2.52 bits per heavy atom. The number of rotatable bonds is 6. The van der Waals surface area contributed by atoms with Crippen LogP contribution in [0.25, 0.3) is 5.69 Å². The largest absolute Gasteiger partial charge is 0.330 e. The first-order chi connectivity index (χ1) is 13.0. The maximum absolute atomic E-state index is 12.3. The molecule has 136 valence electrons. The summed E-state index contributed by atoms with van der Waals surface area (Å²) in [7, 11) is 0. The van der Waals surface area contributed by atoms with Crippen LogP contribution in [0.3, 0.4) is 0 Å². The molecular formula is C20H18N4O3. The van der Waals surface area contributed by atoms with Crippen LogP contribution in [0.5, 0.6) is 0 Å². The number of aromatic amines is 1. The number of aromatic nitrogens is 2. The molecule has 0 spiro atoms. The normalized spacial score (nSPS) is 10.2. The van der Waals surface area contributed by atoms with Gasteiger partial charge in [-0.05, 0) is 42.0 Å². The van der Waals surface area contributed by atoms with E-state index in [4.69, 9.17) is 0 Å². The molecule has 2 amide bonds. The molecule has 3 aromatic rings. The molecule has 3 rings (SSSR count). The Morgan fingerprint density at radius 1 is 1.07 bits per heavy atom. The first-order valence-corrected chi connectivity index (χ1v) is 8.24. The maximum Gasteiger partial charge on any atom is 0.330 e. The summed E-state index contributed by atoms with van der Waals surface area (Å²) < 4.78 is 1.45. The van der Waals surface area contributed by atoms with Gasteiger partial charge in [-0.3, -0.25) is 14.2 Å². The molecule has 0 saturated heterocycles. The minimum Gasteiger partial charge on any atom is -0.326 e. The van der Waals surface area contributed by atoms with Gasteiger partial charge in [0.1, 0.15) is 0 Å². The van der Waals surface area contributed by atoms with Gasteiger partial charge < -0.3 is 15.6 Å². The van der Waals surface area contributed by atoms with E-state index < -0.39 is 0 Å². The van der Waals surface area contributed by atoms with Crippen LogP contribution in [0, 0.1) is 0 Å². The molecule has 0 bridgehead atoms. The fourth-order valence-electron chi connectivity index (χ4n) is 2.55. The quantitative estimate of drug-likeness (QED) is 0.588. The van der Waals surface area contributed by atoms with Gasteiger partial charge in [0, 0.05) is 23.8 Å². The number of hydrogen-bond acceptors (Lipinski definition) is 3. The Kier molecular flexibility index (Phi) is 5.32. The van der Waals surface area contributed by atoms with Crippen molar-refractivity contribution in [1.29, 1.82) is 0 Å². The Morgan fingerprint density at radius 2 is 1.85 bits per heavy atom. The second kappa shape index (κ2) is 8.01. The number of benzene rings is 2. The van der Waals surface area contributed by atoms with E-state index in [1.165, 1.54) is 10.6 Å². The fraction of sp³-hybridized carbons (Fsp3) is 0.0500. The van der Waals surface area contributed by atoms with E-state index >= 15 is 0 Å². The lowest BCUT2D eigenvalue weighted by molar-refractivity contribution is -0.115. The van der Waals surface area contributed by atoms with E-state index in [-0.39, 0.29) is 23.9 Å². The van der Waals surface area contributed by atoms with Gasteiger partial charge in [0.2, 0.25) is 11.8 Å². The van der Waals surface area contributed by atoms with Gasteiger partial charge in [-0.1, -0.05) is 24.8 Å². The highest BCUT2D eigenvalue weighted by atomic mass is 16.2. The Hall–Kier alpha value is -3.87. The molecule has 1 heterocycles. The van der Waals surface area contributed by atoms with Gasteiger partial charge in [-0.25, -0.2) is 4.79 Å². The average molecular weight is 362 g/mol. The maximum atomic E-state index is 12.3. The summed E-state index contributed by atoms with van der Waals surface area (Å²) in [6.07, 6.45) is 4.55. The third kappa shape index (κ3) is 4.60. The molecule has 7 heteroatoms. The van der Waals surface area contributed by atoms with Crippen LogP contribution < -0.4 is 16.3 Å². The number of amides is 2. The molecule has 2 aromatic carbocycles. The van der Waals surface area contributed by atoms with Crippen molar-refractivity contribution in [2.45, 2.75) is 6.42 Å². The summed E-state index contributed by atoms with van der Waals surface area (Å²) in [5.74, 6) is -0.474. The molecule has 7 nitrogen and oxygen atoms in total. The molecule has 0 atom stereocenters. The lowest BCUT2D eigenvalue weighted by Gasteiger charge is -2.08. The molecule has 0 saturated carbocycles. The van der Waals surface area contributed by atoms with E-state index in [1.807, 2.05) is 0 Å². The average Bonchev–Trinajstić information content (AvgIpc) is 3.09. The highest BCUT2D eigenvalue weighted by molar-refractivity contribution is 5.99. The van der Waals surface area contributed by atoms with Crippen molar-refractivity contribution in [3.63, 3.8) is 0 Å². The van der Waals surface area contributed by atoms with Crippen molar-refractivity contribution < 1.29 is 9.59 Å². The van der Waals surface area contributed by atoms with Crippen LogP contribution in [-0.4, -0.2) is 21.4 Å². The first kappa shape index (κ1) is 17.9. The highest BCUT2D eigenvalue weighted by Crippen LogP contribution is 2.15. The molecule has 27 heavy (non-hydrogen) atoms. The SMILES string of the molecule is C=CC(=O)Nc1ccc(CC(=O)Nc2cccc(-n3cc[nH]c3=O)c2)cc1. The molecular weight excluding hydrogens is 344 g/mol. The van der Waals surface area contributed by atoms with Crippen molar-refractivity contribution in [2.75, 3.05) is 10.6 Å². The van der Waals surface area contributed by atoms with Crippen LogP contribution in [0.15, 0.2) is 78.4 Å². The van der Waals surface area contributed by atoms with Crippen molar-refractivity contribution in [2.24, 2.45) is 0 Å². The van der Waals surface area contributed by atoms with Crippen LogP contribution in [0.1, 0.15) is 5.56 Å². The highest BCUT2D eigenvalue weighted by Gasteiger charge is 2.07. The van der Waals surface area contributed by atoms with E-state index in [9.17, 15) is 14.4 Å². The number of H-pyrrole nitrogens is 1. The molecule has 3 N–H and O–H groups in total. The minimum absolute atomic E-state index is 0.184. The molecule has 0 aliphatic heterocycles. The lowest BCUT2D eigenvalue weighted by atomic mass is 10.1. The molecule has 0 unspecified atom stereocenters. The van der Waals surface area contributed by atoms with E-state index in [0.717, 1.165) is 5.56 Å². The molecule has 1 aromatic heterocycles. The molecule has 0 aliphatic carbocycles. The van der Waals surface area contributed by atoms with Gasteiger partial charge in [0.05, 0.1) is 12.1 Å². The zero-order valence-corrected chi connectivity index (χ0v) is 14.4. The van der Waals surface area contributed by atoms with Gasteiger partial charge in [-0.2, -0.15) is 0 Å². The molecule has 0 fully saturated rings. The van der Waals surface area contributed by atoms with Crippen molar-refractivity contribution in [3.05, 3.63) is 89.6 Å². The Bertz CT molecular complexity index is 1030. The van der Waals surface area contributed by atoms with Crippen LogP contribution in [0.4, 0.5) is 11.4 Å². The van der Waals surface area contributed by atoms with Crippen LogP contribution in [-0.2, 0) is 16.0 Å². The smallest absolute Gasteiger partial charge is 0.326 e. The number of imidazole rings is 1. The Labute approximate surface area is 155 Å². The third-order valence-corrected chi connectivity index (χ3v) is 3.83. The second-order valence-corrected chi connectivity index (χ2v) is 5.80. The van der Waals surface area contributed by atoms with Gasteiger partial charge in [0.25, 0.3) is 0 Å². The topological polar surface area (TPSA) is 96.0 Å². The predicted octanol–water partition coefficient (Wildman–Crippen LogP) is 2.47. The number of carbonyl (C=O) groups excluding carboxylic acids is 2. The zero-order chi connectivity index (χ0) is 19.2. The van der Waals surface area contributed by atoms with Crippen molar-refractivity contribution in [3.8, 4) is 5.69 Å². The standard InChI is InChI=1S/C20H18N4O3/c1-2-18(25)22-15-8-6-14(7-9-15)12-19(26)23-16-4-3-5-17(13-16)24-11-10-21-20(24)27/h2-11,13H,1,12H2,(H,21,27)(H,22,25)(H,23,26). The fourth-order valence-corrected chi connectivity index (χ4v) is 2.55. The molecule has 0 radical (unpaired) electrons. The predicted molar refractivity (Wildman–Crippen MR) is 104 cm³/mol. The summed E-state index contributed by atoms with van der Waals surface area (Å²) in [5, 5.41) is 5.47. The zero-order valence-electron chi connectivity index (χ0n) is 14.4. The summed E-state index contributed by atoms with van der Waals surface area (Å²) in [6.45, 7) is 3.40. The summed E-state index contributed by atoms with van der Waals surface area (Å²) >= 11 is 0. The van der Waals surface area contributed by atoms with Crippen molar-refractivity contribution >= 4 is 23.2 Å². The number of anilines is 2. The third-order valence-electron chi connectivity index (χ3n) is 3.83. The second-order valence-electron chi connectivity index (χ2n) is 5.80. The lowest BCUT2D eigenvalue weighted by Crippen LogP contribution is -2.16. The van der Waals surface area contributed by atoms with Gasteiger partial charge in [0.15, 0.2) is 0 Å². The first-order valence-electron chi connectivity index (χ1n) is 8.24. The van der Waals surface area contributed by atoms with E-state index in [2.05, 4.69) is 22.2 Å². The summed E-state index contributed by atoms with van der Waals surface area (Å²) in [5.41, 5.74) is 2.44. The monoisotopic (exact) mass is 362 g/mol. The van der Waals surface area contributed by atoms with E-state index in [1.54, 1.807) is 60.9 Å². The van der Waals surface area contributed by atoms with Gasteiger partial charge >= 0.3 is 5.69 Å². The number of nitrogens with zero attached hydrogens (tertiary/aromatic N) is 1. The number of hydrogen-bond donors (Lipinski definition) is 3. The summed E-state index contributed by atoms with van der Waals surface area (Å²) in [6, 6.07) is 14.0. The molecule has 0 aliphatic rings. The van der Waals surface area contributed by atoms with Gasteiger partial charge in [-0.15, -0.1) is 0 Å². The number of nitrogens with one attached hydrogen (secondary N) is 3. The Balaban J connectivity index is 1.64. The van der Waals surface area contributed by atoms with E-state index in [0.29, 0.717) is 17.1 Å². The summed E-state index contributed by atoms with van der Waals surface area (Å²) in [4.78, 5) is 37.8. The minimum atomic E-state index is -0.290.